The summed E-state index contributed by atoms with van der Waals surface area (Å²) >= 11 is 0. The molecule has 1 aromatic carbocycles. The van der Waals surface area contributed by atoms with Gasteiger partial charge in [0.05, 0.1) is 0 Å². The summed E-state index contributed by atoms with van der Waals surface area (Å²) in [6.45, 7) is 4.25. The Balaban J connectivity index is 1.63. The Labute approximate surface area is 113 Å². The lowest BCUT2D eigenvalue weighted by atomic mass is 9.96. The molecule has 102 valence electrons. The molecule has 19 heavy (non-hydrogen) atoms. The van der Waals surface area contributed by atoms with Crippen LogP contribution in [0.2, 0.25) is 0 Å². The minimum absolute atomic E-state index is 0.0986. The van der Waals surface area contributed by atoms with Crippen molar-refractivity contribution in [3.63, 3.8) is 0 Å². The van der Waals surface area contributed by atoms with Crippen molar-refractivity contribution in [2.45, 2.75) is 57.8 Å². The molecule has 0 bridgehead atoms. The Morgan fingerprint density at radius 2 is 2.21 bits per heavy atom. The van der Waals surface area contributed by atoms with E-state index in [0.29, 0.717) is 0 Å². The minimum Gasteiger partial charge on any atom is -0.460 e. The number of hydrogen-bond donors (Lipinski definition) is 0. The zero-order valence-corrected chi connectivity index (χ0v) is 11.5. The van der Waals surface area contributed by atoms with E-state index in [1.165, 1.54) is 17.5 Å². The average Bonchev–Trinajstić information content (AvgIpc) is 3.14. The van der Waals surface area contributed by atoms with Gasteiger partial charge in [0.15, 0.2) is 6.10 Å². The number of esters is 1. The lowest BCUT2D eigenvalue weighted by Crippen LogP contribution is -2.27. The third kappa shape index (κ3) is 2.52. The van der Waals surface area contributed by atoms with Gasteiger partial charge < -0.3 is 9.47 Å². The third-order valence-electron chi connectivity index (χ3n) is 4.14. The fourth-order valence-electron chi connectivity index (χ4n) is 2.51. The van der Waals surface area contributed by atoms with E-state index in [-0.39, 0.29) is 24.3 Å². The van der Waals surface area contributed by atoms with Crippen LogP contribution in [-0.4, -0.2) is 18.2 Å². The minimum atomic E-state index is -0.381. The summed E-state index contributed by atoms with van der Waals surface area (Å²) in [7, 11) is 0. The SMILES string of the molecule is CCc1cc(C2OC2C(=O)OC2CCC2)ccc1C. The standard InChI is InChI=1S/C16H20O3/c1-3-11-9-12(8-7-10(11)2)14-15(19-14)16(17)18-13-5-4-6-13/h7-9,13-15H,3-6H2,1-2H3. The smallest absolute Gasteiger partial charge is 0.338 e. The molecule has 1 aliphatic heterocycles. The first-order valence-corrected chi connectivity index (χ1v) is 7.14. The highest BCUT2D eigenvalue weighted by molar-refractivity contribution is 5.78. The van der Waals surface area contributed by atoms with Crippen molar-refractivity contribution in [3.8, 4) is 0 Å². The highest BCUT2D eigenvalue weighted by Gasteiger charge is 2.48. The summed E-state index contributed by atoms with van der Waals surface area (Å²) in [5, 5.41) is 0. The summed E-state index contributed by atoms with van der Waals surface area (Å²) in [5.74, 6) is -0.187. The molecule has 2 aliphatic rings. The molecule has 3 nitrogen and oxygen atoms in total. The van der Waals surface area contributed by atoms with Crippen LogP contribution in [0.3, 0.4) is 0 Å². The van der Waals surface area contributed by atoms with Crippen molar-refractivity contribution in [2.75, 3.05) is 0 Å². The van der Waals surface area contributed by atoms with E-state index >= 15 is 0 Å². The molecule has 0 spiro atoms. The van der Waals surface area contributed by atoms with Gasteiger partial charge >= 0.3 is 5.97 Å². The summed E-state index contributed by atoms with van der Waals surface area (Å²) in [5.41, 5.74) is 3.71. The van der Waals surface area contributed by atoms with Crippen LogP contribution in [0.1, 0.15) is 49.0 Å². The van der Waals surface area contributed by atoms with E-state index in [4.69, 9.17) is 9.47 Å². The van der Waals surface area contributed by atoms with E-state index in [2.05, 4.69) is 32.0 Å². The molecule has 1 saturated heterocycles. The molecule has 1 aromatic rings. The lowest BCUT2D eigenvalue weighted by molar-refractivity contribution is -0.154. The number of benzene rings is 1. The monoisotopic (exact) mass is 260 g/mol. The van der Waals surface area contributed by atoms with Gasteiger partial charge in [0.1, 0.15) is 12.2 Å². The van der Waals surface area contributed by atoms with Gasteiger partial charge in [0, 0.05) is 0 Å². The number of aryl methyl sites for hydroxylation is 2. The van der Waals surface area contributed by atoms with Gasteiger partial charge in [0.25, 0.3) is 0 Å². The van der Waals surface area contributed by atoms with Crippen LogP contribution in [-0.2, 0) is 20.7 Å². The summed E-state index contributed by atoms with van der Waals surface area (Å²) in [6, 6.07) is 6.30. The lowest BCUT2D eigenvalue weighted by Gasteiger charge is -2.24. The number of carbonyl (C=O) groups is 1. The molecule has 2 atom stereocenters. The first kappa shape index (κ1) is 12.7. The van der Waals surface area contributed by atoms with E-state index < -0.39 is 0 Å². The van der Waals surface area contributed by atoms with Gasteiger partial charge in [-0.3, -0.25) is 0 Å². The zero-order chi connectivity index (χ0) is 13.4. The fourth-order valence-corrected chi connectivity index (χ4v) is 2.51. The van der Waals surface area contributed by atoms with Crippen molar-refractivity contribution >= 4 is 5.97 Å². The molecular weight excluding hydrogens is 240 g/mol. The van der Waals surface area contributed by atoms with Crippen molar-refractivity contribution in [2.24, 2.45) is 0 Å². The van der Waals surface area contributed by atoms with Crippen molar-refractivity contribution < 1.29 is 14.3 Å². The second-order valence-corrected chi connectivity index (χ2v) is 5.51. The maximum atomic E-state index is 11.9. The number of hydrogen-bond acceptors (Lipinski definition) is 3. The van der Waals surface area contributed by atoms with Gasteiger partial charge in [-0.1, -0.05) is 25.1 Å². The van der Waals surface area contributed by atoms with Crippen LogP contribution in [0.25, 0.3) is 0 Å². The van der Waals surface area contributed by atoms with Crippen LogP contribution >= 0.6 is 0 Å². The van der Waals surface area contributed by atoms with Crippen molar-refractivity contribution in [1.29, 1.82) is 0 Å². The zero-order valence-electron chi connectivity index (χ0n) is 11.5. The largest absolute Gasteiger partial charge is 0.460 e. The quantitative estimate of drug-likeness (QED) is 0.617. The molecule has 1 saturated carbocycles. The molecule has 0 aromatic heterocycles. The molecule has 0 amide bonds. The molecule has 0 radical (unpaired) electrons. The van der Waals surface area contributed by atoms with E-state index in [9.17, 15) is 4.79 Å². The van der Waals surface area contributed by atoms with E-state index in [1.807, 2.05) is 0 Å². The second kappa shape index (κ2) is 4.97. The Bertz CT molecular complexity index is 491. The molecule has 2 unspecified atom stereocenters. The first-order valence-electron chi connectivity index (χ1n) is 7.14. The highest BCUT2D eigenvalue weighted by atomic mass is 16.6. The molecule has 1 heterocycles. The molecule has 2 fully saturated rings. The van der Waals surface area contributed by atoms with Crippen LogP contribution < -0.4 is 0 Å². The number of ether oxygens (including phenoxy) is 2. The maximum Gasteiger partial charge on any atom is 0.338 e. The Kier molecular flexibility index (Phi) is 3.31. The van der Waals surface area contributed by atoms with Crippen molar-refractivity contribution in [3.05, 3.63) is 34.9 Å². The highest BCUT2D eigenvalue weighted by Crippen LogP contribution is 2.41. The topological polar surface area (TPSA) is 38.8 Å². The van der Waals surface area contributed by atoms with Gasteiger partial charge in [-0.05, 0) is 49.3 Å². The van der Waals surface area contributed by atoms with Gasteiger partial charge in [-0.15, -0.1) is 0 Å². The van der Waals surface area contributed by atoms with Crippen LogP contribution in [0, 0.1) is 6.92 Å². The number of epoxide rings is 1. The number of carbonyl (C=O) groups excluding carboxylic acids is 1. The van der Waals surface area contributed by atoms with E-state index in [1.54, 1.807) is 0 Å². The molecular formula is C16H20O3. The second-order valence-electron chi connectivity index (χ2n) is 5.51. The molecule has 1 aliphatic carbocycles. The van der Waals surface area contributed by atoms with Crippen LogP contribution in [0.5, 0.6) is 0 Å². The molecule has 0 N–H and O–H groups in total. The fraction of sp³-hybridized carbons (Fsp3) is 0.562. The van der Waals surface area contributed by atoms with Crippen LogP contribution in [0.15, 0.2) is 18.2 Å². The Hall–Kier alpha value is -1.35. The molecule has 3 heteroatoms. The first-order chi connectivity index (χ1) is 9.19. The summed E-state index contributed by atoms with van der Waals surface area (Å²) < 4.78 is 10.9. The Morgan fingerprint density at radius 3 is 2.84 bits per heavy atom. The van der Waals surface area contributed by atoms with Crippen molar-refractivity contribution in [1.82, 2.24) is 0 Å². The summed E-state index contributed by atoms with van der Waals surface area (Å²) in [4.78, 5) is 11.9. The van der Waals surface area contributed by atoms with Crippen LogP contribution in [0.4, 0.5) is 0 Å². The van der Waals surface area contributed by atoms with Gasteiger partial charge in [-0.2, -0.15) is 0 Å². The Morgan fingerprint density at radius 1 is 1.42 bits per heavy atom. The van der Waals surface area contributed by atoms with Gasteiger partial charge in [0.2, 0.25) is 0 Å². The predicted octanol–water partition coefficient (Wildman–Crippen LogP) is 3.09. The maximum absolute atomic E-state index is 11.9. The predicted molar refractivity (Wildman–Crippen MR) is 71.9 cm³/mol. The van der Waals surface area contributed by atoms with Gasteiger partial charge in [-0.25, -0.2) is 4.79 Å². The number of rotatable bonds is 4. The summed E-state index contributed by atoms with van der Waals surface area (Å²) in [6.07, 6.45) is 3.85. The van der Waals surface area contributed by atoms with E-state index in [0.717, 1.165) is 24.8 Å². The normalized spacial score (nSPS) is 25.8. The third-order valence-corrected chi connectivity index (χ3v) is 4.14. The molecule has 3 rings (SSSR count). The average molecular weight is 260 g/mol.